The summed E-state index contributed by atoms with van der Waals surface area (Å²) in [6.45, 7) is 0.265. The van der Waals surface area contributed by atoms with E-state index in [1.54, 1.807) is 7.11 Å². The highest BCUT2D eigenvalue weighted by atomic mass is 16.5. The fourth-order valence-corrected chi connectivity index (χ4v) is 2.73. The SMILES string of the molecule is COCc1nc(C2CCCCCCC2)oc1C(=O)OC. The van der Waals surface area contributed by atoms with Crippen LogP contribution >= 0.6 is 0 Å². The third-order valence-electron chi connectivity index (χ3n) is 3.82. The smallest absolute Gasteiger partial charge is 0.376 e. The van der Waals surface area contributed by atoms with Gasteiger partial charge in [-0.05, 0) is 12.8 Å². The molecule has 1 aromatic rings. The van der Waals surface area contributed by atoms with Crippen molar-refractivity contribution in [2.45, 2.75) is 57.5 Å². The summed E-state index contributed by atoms with van der Waals surface area (Å²) in [5, 5.41) is 0. The summed E-state index contributed by atoms with van der Waals surface area (Å²) in [6, 6.07) is 0. The molecule has 5 nitrogen and oxygen atoms in total. The summed E-state index contributed by atoms with van der Waals surface area (Å²) in [4.78, 5) is 16.2. The van der Waals surface area contributed by atoms with Crippen LogP contribution < -0.4 is 0 Å². The fourth-order valence-electron chi connectivity index (χ4n) is 2.73. The molecule has 1 fully saturated rings. The second-order valence-corrected chi connectivity index (χ2v) is 5.29. The van der Waals surface area contributed by atoms with E-state index in [0.29, 0.717) is 17.5 Å². The van der Waals surface area contributed by atoms with Crippen LogP contribution in [0.3, 0.4) is 0 Å². The highest BCUT2D eigenvalue weighted by molar-refractivity contribution is 5.87. The Hall–Kier alpha value is -1.36. The van der Waals surface area contributed by atoms with Crippen molar-refractivity contribution < 1.29 is 18.7 Å². The summed E-state index contributed by atoms with van der Waals surface area (Å²) < 4.78 is 15.5. The summed E-state index contributed by atoms with van der Waals surface area (Å²) in [5.41, 5.74) is 0.538. The molecule has 0 atom stereocenters. The Morgan fingerprint density at radius 1 is 1.20 bits per heavy atom. The highest BCUT2D eigenvalue weighted by Crippen LogP contribution is 2.31. The number of carbonyl (C=O) groups is 1. The number of methoxy groups -OCH3 is 2. The van der Waals surface area contributed by atoms with E-state index in [4.69, 9.17) is 13.9 Å². The van der Waals surface area contributed by atoms with Gasteiger partial charge in [0.25, 0.3) is 0 Å². The Morgan fingerprint density at radius 2 is 1.85 bits per heavy atom. The van der Waals surface area contributed by atoms with Crippen molar-refractivity contribution in [3.8, 4) is 0 Å². The van der Waals surface area contributed by atoms with Crippen molar-refractivity contribution in [2.75, 3.05) is 14.2 Å². The highest BCUT2D eigenvalue weighted by Gasteiger charge is 2.25. The molecule has 1 saturated carbocycles. The lowest BCUT2D eigenvalue weighted by Gasteiger charge is -2.16. The Bertz CT molecular complexity index is 433. The Morgan fingerprint density at radius 3 is 2.45 bits per heavy atom. The molecule has 0 bridgehead atoms. The third kappa shape index (κ3) is 3.60. The molecule has 0 unspecified atom stereocenters. The van der Waals surface area contributed by atoms with E-state index in [9.17, 15) is 4.79 Å². The van der Waals surface area contributed by atoms with E-state index in [1.165, 1.54) is 39.2 Å². The monoisotopic (exact) mass is 281 g/mol. The normalized spacial score (nSPS) is 17.5. The van der Waals surface area contributed by atoms with Gasteiger partial charge in [0.1, 0.15) is 5.69 Å². The lowest BCUT2D eigenvalue weighted by molar-refractivity contribution is 0.0555. The van der Waals surface area contributed by atoms with Gasteiger partial charge in [0.15, 0.2) is 5.89 Å². The summed E-state index contributed by atoms with van der Waals surface area (Å²) in [5.74, 6) is 0.678. The minimum Gasteiger partial charge on any atom is -0.463 e. The van der Waals surface area contributed by atoms with Gasteiger partial charge in [-0.3, -0.25) is 0 Å². The molecule has 0 spiro atoms. The molecule has 0 amide bonds. The van der Waals surface area contributed by atoms with Gasteiger partial charge in [0.2, 0.25) is 5.76 Å². The van der Waals surface area contributed by atoms with E-state index in [-0.39, 0.29) is 12.4 Å². The van der Waals surface area contributed by atoms with Crippen molar-refractivity contribution in [1.82, 2.24) is 4.98 Å². The molecule has 0 aliphatic heterocycles. The number of oxazole rings is 1. The van der Waals surface area contributed by atoms with Crippen LogP contribution in [0.1, 0.15) is 73.0 Å². The van der Waals surface area contributed by atoms with E-state index in [2.05, 4.69) is 4.98 Å². The van der Waals surface area contributed by atoms with Gasteiger partial charge in [-0.2, -0.15) is 0 Å². The van der Waals surface area contributed by atoms with Crippen LogP contribution in [0.15, 0.2) is 4.42 Å². The van der Waals surface area contributed by atoms with Crippen LogP contribution in [0.5, 0.6) is 0 Å². The van der Waals surface area contributed by atoms with E-state index in [0.717, 1.165) is 12.8 Å². The van der Waals surface area contributed by atoms with Gasteiger partial charge in [-0.15, -0.1) is 0 Å². The lowest BCUT2D eigenvalue weighted by Crippen LogP contribution is -2.04. The second kappa shape index (κ2) is 7.43. The first-order valence-electron chi connectivity index (χ1n) is 7.33. The maximum Gasteiger partial charge on any atom is 0.376 e. The van der Waals surface area contributed by atoms with Crippen LogP contribution in [0.2, 0.25) is 0 Å². The number of ether oxygens (including phenoxy) is 2. The van der Waals surface area contributed by atoms with Gasteiger partial charge in [0, 0.05) is 13.0 Å². The maximum atomic E-state index is 11.7. The minimum atomic E-state index is -0.485. The topological polar surface area (TPSA) is 61.6 Å². The Labute approximate surface area is 119 Å². The second-order valence-electron chi connectivity index (χ2n) is 5.29. The molecular weight excluding hydrogens is 258 g/mol. The van der Waals surface area contributed by atoms with Gasteiger partial charge in [-0.25, -0.2) is 9.78 Å². The molecule has 0 saturated heterocycles. The zero-order valence-electron chi connectivity index (χ0n) is 12.3. The number of carbonyl (C=O) groups excluding carboxylic acids is 1. The van der Waals surface area contributed by atoms with E-state index < -0.39 is 5.97 Å². The van der Waals surface area contributed by atoms with Crippen molar-refractivity contribution in [3.63, 3.8) is 0 Å². The zero-order valence-corrected chi connectivity index (χ0v) is 12.3. The van der Waals surface area contributed by atoms with Gasteiger partial charge in [-0.1, -0.05) is 32.1 Å². The lowest BCUT2D eigenvalue weighted by atomic mass is 9.91. The van der Waals surface area contributed by atoms with Crippen LogP contribution in [-0.2, 0) is 16.1 Å². The zero-order chi connectivity index (χ0) is 14.4. The van der Waals surface area contributed by atoms with Crippen molar-refractivity contribution >= 4 is 5.97 Å². The molecule has 0 N–H and O–H groups in total. The molecule has 112 valence electrons. The van der Waals surface area contributed by atoms with Gasteiger partial charge >= 0.3 is 5.97 Å². The average Bonchev–Trinajstić information content (AvgIpc) is 2.82. The fraction of sp³-hybridized carbons (Fsp3) is 0.733. The number of aromatic nitrogens is 1. The predicted octanol–water partition coefficient (Wildman–Crippen LogP) is 3.44. The molecule has 1 aliphatic rings. The van der Waals surface area contributed by atoms with Crippen LogP contribution in [0.25, 0.3) is 0 Å². The first-order chi connectivity index (χ1) is 9.76. The molecular formula is C15H23NO4. The van der Waals surface area contributed by atoms with Crippen molar-refractivity contribution in [2.24, 2.45) is 0 Å². The van der Waals surface area contributed by atoms with Crippen molar-refractivity contribution in [3.05, 3.63) is 17.3 Å². The number of rotatable bonds is 4. The summed E-state index contributed by atoms with van der Waals surface area (Å²) in [7, 11) is 2.92. The third-order valence-corrected chi connectivity index (χ3v) is 3.82. The molecule has 0 radical (unpaired) electrons. The Balaban J connectivity index is 2.19. The van der Waals surface area contributed by atoms with E-state index >= 15 is 0 Å². The Kier molecular flexibility index (Phi) is 5.59. The van der Waals surface area contributed by atoms with E-state index in [1.807, 2.05) is 0 Å². The van der Waals surface area contributed by atoms with Gasteiger partial charge in [0.05, 0.1) is 13.7 Å². The minimum absolute atomic E-state index is 0.186. The van der Waals surface area contributed by atoms with Crippen LogP contribution in [0, 0.1) is 0 Å². The quantitative estimate of drug-likeness (QED) is 0.791. The number of nitrogens with zero attached hydrogens (tertiary/aromatic N) is 1. The average molecular weight is 281 g/mol. The molecule has 1 heterocycles. The van der Waals surface area contributed by atoms with Crippen LogP contribution in [0.4, 0.5) is 0 Å². The number of hydrogen-bond donors (Lipinski definition) is 0. The molecule has 1 aliphatic carbocycles. The molecule has 5 heteroatoms. The van der Waals surface area contributed by atoms with Crippen molar-refractivity contribution in [1.29, 1.82) is 0 Å². The first kappa shape index (κ1) is 15.0. The van der Waals surface area contributed by atoms with Gasteiger partial charge < -0.3 is 13.9 Å². The molecule has 1 aromatic heterocycles. The largest absolute Gasteiger partial charge is 0.463 e. The van der Waals surface area contributed by atoms with Crippen LogP contribution in [-0.4, -0.2) is 25.2 Å². The standard InChI is InChI=1S/C15H23NO4/c1-18-10-12-13(15(17)19-2)20-14(16-12)11-8-6-4-3-5-7-9-11/h11H,3-10H2,1-2H3. The summed E-state index contributed by atoms with van der Waals surface area (Å²) in [6.07, 6.45) is 8.40. The predicted molar refractivity (Wildman–Crippen MR) is 73.6 cm³/mol. The molecule has 2 rings (SSSR count). The summed E-state index contributed by atoms with van der Waals surface area (Å²) >= 11 is 0. The molecule has 0 aromatic carbocycles. The number of esters is 1. The maximum absolute atomic E-state index is 11.7. The number of hydrogen-bond acceptors (Lipinski definition) is 5. The molecule has 20 heavy (non-hydrogen) atoms. The first-order valence-corrected chi connectivity index (χ1v) is 7.33.